The largest absolute Gasteiger partial charge is 0.360 e. The Hall–Kier alpha value is -0.470. The van der Waals surface area contributed by atoms with E-state index in [-0.39, 0.29) is 18.4 Å². The lowest BCUT2D eigenvalue weighted by molar-refractivity contribution is -0.105. The first-order chi connectivity index (χ1) is 10.8. The molecule has 0 spiro atoms. The third-order valence-electron chi connectivity index (χ3n) is 4.58. The maximum atomic E-state index is 11.2. The molecule has 0 aromatic carbocycles. The second kappa shape index (κ2) is 9.74. The van der Waals surface area contributed by atoms with Crippen molar-refractivity contribution in [3.63, 3.8) is 0 Å². The Morgan fingerprint density at radius 2 is 1.91 bits per heavy atom. The topological polar surface area (TPSA) is 70.1 Å². The van der Waals surface area contributed by atoms with E-state index in [1.54, 1.807) is 0 Å². The number of likely N-dealkylation sites (N-methyl/N-ethyl adjacent to an activating group) is 1. The van der Waals surface area contributed by atoms with Crippen LogP contribution in [0.3, 0.4) is 0 Å². The average Bonchev–Trinajstić information content (AvgIpc) is 2.50. The van der Waals surface area contributed by atoms with E-state index in [1.165, 1.54) is 7.05 Å². The van der Waals surface area contributed by atoms with Crippen molar-refractivity contribution >= 4 is 10.3 Å². The molecule has 1 unspecified atom stereocenters. The van der Waals surface area contributed by atoms with Crippen LogP contribution in [0.4, 0.5) is 0 Å². The zero-order valence-corrected chi connectivity index (χ0v) is 15.5. The van der Waals surface area contributed by atoms with Crippen molar-refractivity contribution in [1.82, 2.24) is 9.21 Å². The van der Waals surface area contributed by atoms with Crippen LogP contribution in [0.1, 0.15) is 51.9 Å². The number of hydrogen-bond donors (Lipinski definition) is 1. The first-order valence-electron chi connectivity index (χ1n) is 8.46. The summed E-state index contributed by atoms with van der Waals surface area (Å²) in [5.74, 6) is 0. The Kier molecular flexibility index (Phi) is 8.71. The summed E-state index contributed by atoms with van der Waals surface area (Å²) in [5, 5.41) is 0. The van der Waals surface area contributed by atoms with Gasteiger partial charge in [0.1, 0.15) is 6.23 Å². The molecule has 0 aromatic heterocycles. The third kappa shape index (κ3) is 6.89. The van der Waals surface area contributed by atoms with Crippen molar-refractivity contribution < 1.29 is 17.7 Å². The molecule has 23 heavy (non-hydrogen) atoms. The fraction of sp³-hybridized carbons (Fsp3) is 0.875. The van der Waals surface area contributed by atoms with Crippen molar-refractivity contribution in [3.8, 4) is 0 Å². The van der Waals surface area contributed by atoms with Crippen molar-refractivity contribution in [2.24, 2.45) is 0 Å². The van der Waals surface area contributed by atoms with Gasteiger partial charge in [0.15, 0.2) is 0 Å². The Morgan fingerprint density at radius 1 is 1.30 bits per heavy atom. The summed E-state index contributed by atoms with van der Waals surface area (Å²) in [7, 11) is -0.628. The highest BCUT2D eigenvalue weighted by atomic mass is 32.2. The van der Waals surface area contributed by atoms with Gasteiger partial charge in [0.25, 0.3) is 0 Å². The van der Waals surface area contributed by atoms with Crippen LogP contribution in [0.25, 0.3) is 0 Å². The minimum atomic E-state index is -4.10. The molecule has 1 aliphatic rings. The lowest BCUT2D eigenvalue weighted by Crippen LogP contribution is -2.43. The minimum Gasteiger partial charge on any atom is -0.360 e. The summed E-state index contributed by atoms with van der Waals surface area (Å²) in [6.45, 7) is 6.73. The van der Waals surface area contributed by atoms with Crippen LogP contribution in [0.15, 0.2) is 12.7 Å². The van der Waals surface area contributed by atoms with Gasteiger partial charge in [-0.25, -0.2) is 0 Å². The number of ether oxygens (including phenoxy) is 1. The molecule has 1 rings (SSSR count). The lowest BCUT2D eigenvalue weighted by atomic mass is 9.93. The molecule has 1 N–H and O–H groups in total. The number of nitrogens with zero attached hydrogens (tertiary/aromatic N) is 2. The molecule has 0 aliphatic heterocycles. The van der Waals surface area contributed by atoms with Gasteiger partial charge in [0.2, 0.25) is 0 Å². The second-order valence-corrected chi connectivity index (χ2v) is 7.86. The van der Waals surface area contributed by atoms with E-state index < -0.39 is 10.3 Å². The van der Waals surface area contributed by atoms with E-state index >= 15 is 0 Å². The molecular weight excluding hydrogens is 316 g/mol. The molecular formula is C16H32N2O4S. The van der Waals surface area contributed by atoms with Crippen molar-refractivity contribution in [3.05, 3.63) is 12.7 Å². The van der Waals surface area contributed by atoms with Crippen LogP contribution in [-0.4, -0.2) is 61.2 Å². The molecule has 6 nitrogen and oxygen atoms in total. The van der Waals surface area contributed by atoms with Crippen LogP contribution in [-0.2, 0) is 15.0 Å². The molecule has 1 aliphatic carbocycles. The minimum absolute atomic E-state index is 0.0776. The van der Waals surface area contributed by atoms with Gasteiger partial charge in [-0.1, -0.05) is 19.4 Å². The van der Waals surface area contributed by atoms with Crippen LogP contribution in [0.5, 0.6) is 0 Å². The van der Waals surface area contributed by atoms with Crippen LogP contribution >= 0.6 is 0 Å². The number of hydrogen-bond acceptors (Lipinski definition) is 4. The van der Waals surface area contributed by atoms with Crippen LogP contribution in [0, 0.1) is 0 Å². The highest BCUT2D eigenvalue weighted by molar-refractivity contribution is 7.83. The van der Waals surface area contributed by atoms with E-state index in [1.807, 2.05) is 13.1 Å². The van der Waals surface area contributed by atoms with E-state index in [0.717, 1.165) is 43.0 Å². The van der Waals surface area contributed by atoms with Gasteiger partial charge in [-0.3, -0.25) is 9.45 Å². The van der Waals surface area contributed by atoms with Crippen molar-refractivity contribution in [2.45, 2.75) is 70.2 Å². The van der Waals surface area contributed by atoms with Crippen LogP contribution in [0.2, 0.25) is 0 Å². The van der Waals surface area contributed by atoms with Gasteiger partial charge in [0, 0.05) is 19.6 Å². The molecule has 0 aromatic rings. The molecule has 0 radical (unpaired) electrons. The fourth-order valence-electron chi connectivity index (χ4n) is 3.05. The SMILES string of the molecule is C=CCN(C)C(CCCC)OC1CCC(N(C)S(=O)(=O)O)CC1. The molecule has 0 amide bonds. The van der Waals surface area contributed by atoms with E-state index in [9.17, 15) is 8.42 Å². The van der Waals surface area contributed by atoms with E-state index in [2.05, 4.69) is 18.4 Å². The maximum Gasteiger partial charge on any atom is 0.335 e. The fourth-order valence-corrected chi connectivity index (χ4v) is 3.64. The molecule has 1 fully saturated rings. The highest BCUT2D eigenvalue weighted by Crippen LogP contribution is 2.27. The Balaban J connectivity index is 2.52. The summed E-state index contributed by atoms with van der Waals surface area (Å²) < 4.78 is 38.9. The summed E-state index contributed by atoms with van der Waals surface area (Å²) in [6, 6.07) is -0.134. The van der Waals surface area contributed by atoms with Gasteiger partial charge >= 0.3 is 10.3 Å². The highest BCUT2D eigenvalue weighted by Gasteiger charge is 2.31. The second-order valence-electron chi connectivity index (χ2n) is 6.39. The summed E-state index contributed by atoms with van der Waals surface area (Å²) in [5.41, 5.74) is 0. The molecule has 7 heteroatoms. The van der Waals surface area contributed by atoms with Crippen molar-refractivity contribution in [1.29, 1.82) is 0 Å². The molecule has 0 heterocycles. The summed E-state index contributed by atoms with van der Waals surface area (Å²) in [4.78, 5) is 2.17. The zero-order valence-electron chi connectivity index (χ0n) is 14.6. The first-order valence-corrected chi connectivity index (χ1v) is 9.86. The summed E-state index contributed by atoms with van der Waals surface area (Å²) in [6.07, 6.45) is 8.40. The Labute approximate surface area is 141 Å². The smallest absolute Gasteiger partial charge is 0.335 e. The van der Waals surface area contributed by atoms with Gasteiger partial charge in [-0.15, -0.1) is 6.58 Å². The third-order valence-corrected chi connectivity index (χ3v) is 5.61. The standard InChI is InChI=1S/C16H32N2O4S/c1-5-7-8-16(17(3)13-6-2)22-15-11-9-14(10-12-15)18(4)23(19,20)21/h6,14-16H,2,5,7-13H2,1,3-4H3,(H,19,20,21). The maximum absolute atomic E-state index is 11.2. The van der Waals surface area contributed by atoms with Gasteiger partial charge in [-0.05, 0) is 45.6 Å². The number of unbranched alkanes of at least 4 members (excludes halogenated alkanes) is 1. The van der Waals surface area contributed by atoms with Crippen molar-refractivity contribution in [2.75, 3.05) is 20.6 Å². The van der Waals surface area contributed by atoms with Gasteiger partial charge in [0.05, 0.1) is 6.10 Å². The molecule has 136 valence electrons. The normalized spacial score (nSPS) is 24.1. The Morgan fingerprint density at radius 3 is 2.39 bits per heavy atom. The average molecular weight is 349 g/mol. The van der Waals surface area contributed by atoms with E-state index in [4.69, 9.17) is 9.29 Å². The van der Waals surface area contributed by atoms with Gasteiger partial charge < -0.3 is 4.74 Å². The van der Waals surface area contributed by atoms with E-state index in [0.29, 0.717) is 12.8 Å². The monoisotopic (exact) mass is 348 g/mol. The molecule has 0 saturated heterocycles. The number of rotatable bonds is 10. The predicted octanol–water partition coefficient (Wildman–Crippen LogP) is 2.68. The van der Waals surface area contributed by atoms with Gasteiger partial charge in [-0.2, -0.15) is 12.7 Å². The quantitative estimate of drug-likeness (QED) is 0.373. The molecule has 0 bridgehead atoms. The zero-order chi connectivity index (χ0) is 17.5. The lowest BCUT2D eigenvalue weighted by Gasteiger charge is -2.36. The first kappa shape index (κ1) is 20.6. The molecule has 1 saturated carbocycles. The summed E-state index contributed by atoms with van der Waals surface area (Å²) >= 11 is 0. The molecule has 1 atom stereocenters. The van der Waals surface area contributed by atoms with Crippen LogP contribution < -0.4 is 0 Å². The Bertz CT molecular complexity index is 447. The predicted molar refractivity (Wildman–Crippen MR) is 92.6 cm³/mol.